The van der Waals surface area contributed by atoms with Crippen LogP contribution in [0, 0.1) is 5.92 Å². The Bertz CT molecular complexity index is 431. The Labute approximate surface area is 128 Å². The van der Waals surface area contributed by atoms with Crippen LogP contribution in [0.1, 0.15) is 25.3 Å². The van der Waals surface area contributed by atoms with Gasteiger partial charge in [0.2, 0.25) is 0 Å². The van der Waals surface area contributed by atoms with Crippen LogP contribution in [0.4, 0.5) is 0 Å². The van der Waals surface area contributed by atoms with Gasteiger partial charge in [0.1, 0.15) is 11.5 Å². The second-order valence-corrected chi connectivity index (χ2v) is 5.92. The number of hydrogen-bond acceptors (Lipinski definition) is 4. The quantitative estimate of drug-likeness (QED) is 0.798. The van der Waals surface area contributed by atoms with Crippen molar-refractivity contribution < 1.29 is 9.47 Å². The Morgan fingerprint density at radius 1 is 1.19 bits per heavy atom. The van der Waals surface area contributed by atoms with Crippen molar-refractivity contribution in [2.75, 3.05) is 40.4 Å². The highest BCUT2D eigenvalue weighted by Gasteiger charge is 2.14. The second kappa shape index (κ2) is 8.25. The third-order valence-electron chi connectivity index (χ3n) is 4.07. The Balaban J connectivity index is 1.77. The van der Waals surface area contributed by atoms with E-state index < -0.39 is 0 Å². The highest BCUT2D eigenvalue weighted by molar-refractivity contribution is 5.40. The Kier molecular flexibility index (Phi) is 6.33. The number of ether oxygens (including phenoxy) is 2. The maximum atomic E-state index is 5.42. The predicted molar refractivity (Wildman–Crippen MR) is 86.1 cm³/mol. The zero-order valence-electron chi connectivity index (χ0n) is 13.5. The maximum absolute atomic E-state index is 5.42. The lowest BCUT2D eigenvalue weighted by atomic mass is 10.1. The Hall–Kier alpha value is -1.26. The highest BCUT2D eigenvalue weighted by Crippen LogP contribution is 2.24. The molecule has 1 aliphatic rings. The Morgan fingerprint density at radius 2 is 1.95 bits per heavy atom. The molecule has 1 atom stereocenters. The van der Waals surface area contributed by atoms with Crippen molar-refractivity contribution in [3.63, 3.8) is 0 Å². The van der Waals surface area contributed by atoms with Crippen molar-refractivity contribution in [1.29, 1.82) is 0 Å². The summed E-state index contributed by atoms with van der Waals surface area (Å²) in [6, 6.07) is 5.98. The first kappa shape index (κ1) is 16.1. The SMILES string of the molecule is COc1ccc(CNCC(C)CN2CCCC2)c(OC)c1. The first-order valence-corrected chi connectivity index (χ1v) is 7.87. The molecule has 2 rings (SSSR count). The lowest BCUT2D eigenvalue weighted by molar-refractivity contribution is 0.282. The van der Waals surface area contributed by atoms with Gasteiger partial charge in [-0.1, -0.05) is 13.0 Å². The number of nitrogens with one attached hydrogen (secondary N) is 1. The van der Waals surface area contributed by atoms with Crippen LogP contribution < -0.4 is 14.8 Å². The van der Waals surface area contributed by atoms with E-state index in [9.17, 15) is 0 Å². The number of rotatable bonds is 8. The van der Waals surface area contributed by atoms with Gasteiger partial charge in [-0.25, -0.2) is 0 Å². The number of likely N-dealkylation sites (tertiary alicyclic amines) is 1. The van der Waals surface area contributed by atoms with E-state index in [0.29, 0.717) is 5.92 Å². The first-order valence-electron chi connectivity index (χ1n) is 7.87. The number of methoxy groups -OCH3 is 2. The van der Waals surface area contributed by atoms with E-state index in [4.69, 9.17) is 9.47 Å². The van der Waals surface area contributed by atoms with Gasteiger partial charge in [0.05, 0.1) is 14.2 Å². The van der Waals surface area contributed by atoms with Gasteiger partial charge >= 0.3 is 0 Å². The lowest BCUT2D eigenvalue weighted by Crippen LogP contribution is -2.31. The van der Waals surface area contributed by atoms with Crippen LogP contribution in [0.25, 0.3) is 0 Å². The van der Waals surface area contributed by atoms with E-state index in [-0.39, 0.29) is 0 Å². The van der Waals surface area contributed by atoms with Crippen LogP contribution in [0.15, 0.2) is 18.2 Å². The van der Waals surface area contributed by atoms with Crippen LogP contribution in [-0.2, 0) is 6.54 Å². The van der Waals surface area contributed by atoms with Gasteiger partial charge < -0.3 is 19.7 Å². The number of benzene rings is 1. The van der Waals surface area contributed by atoms with Crippen LogP contribution >= 0.6 is 0 Å². The summed E-state index contributed by atoms with van der Waals surface area (Å²) in [6.45, 7) is 7.93. The Morgan fingerprint density at radius 3 is 2.62 bits per heavy atom. The molecule has 1 aromatic rings. The summed E-state index contributed by atoms with van der Waals surface area (Å²) in [7, 11) is 3.38. The fraction of sp³-hybridized carbons (Fsp3) is 0.647. The molecule has 4 nitrogen and oxygen atoms in total. The van der Waals surface area contributed by atoms with Gasteiger partial charge in [-0.15, -0.1) is 0 Å². The van der Waals surface area contributed by atoms with Crippen molar-refractivity contribution in [2.24, 2.45) is 5.92 Å². The van der Waals surface area contributed by atoms with E-state index in [1.807, 2.05) is 12.1 Å². The van der Waals surface area contributed by atoms with E-state index >= 15 is 0 Å². The maximum Gasteiger partial charge on any atom is 0.127 e. The zero-order valence-corrected chi connectivity index (χ0v) is 13.5. The fourth-order valence-corrected chi connectivity index (χ4v) is 2.92. The average molecular weight is 292 g/mol. The minimum absolute atomic E-state index is 0.673. The molecule has 0 bridgehead atoms. The third kappa shape index (κ3) is 4.90. The smallest absolute Gasteiger partial charge is 0.127 e. The van der Waals surface area contributed by atoms with Gasteiger partial charge in [-0.3, -0.25) is 0 Å². The van der Waals surface area contributed by atoms with Gasteiger partial charge in [0.25, 0.3) is 0 Å². The molecule has 1 saturated heterocycles. The van der Waals surface area contributed by atoms with Crippen molar-refractivity contribution in [2.45, 2.75) is 26.3 Å². The standard InChI is InChI=1S/C17H28N2O2/c1-14(13-19-8-4-5-9-19)11-18-12-15-6-7-16(20-2)10-17(15)21-3/h6-7,10,14,18H,4-5,8-9,11-13H2,1-3H3. The first-order chi connectivity index (χ1) is 10.2. The molecule has 0 aliphatic carbocycles. The summed E-state index contributed by atoms with van der Waals surface area (Å²) < 4.78 is 10.6. The minimum Gasteiger partial charge on any atom is -0.497 e. The van der Waals surface area contributed by atoms with Gasteiger partial charge in [-0.05, 0) is 44.5 Å². The topological polar surface area (TPSA) is 33.7 Å². The van der Waals surface area contributed by atoms with Gasteiger partial charge in [0.15, 0.2) is 0 Å². The van der Waals surface area contributed by atoms with E-state index in [1.165, 1.54) is 38.0 Å². The zero-order chi connectivity index (χ0) is 15.1. The molecule has 0 saturated carbocycles. The average Bonchev–Trinajstić information content (AvgIpc) is 3.00. The summed E-state index contributed by atoms with van der Waals surface area (Å²) >= 11 is 0. The molecule has 1 unspecified atom stereocenters. The summed E-state index contributed by atoms with van der Waals surface area (Å²) in [5.41, 5.74) is 1.17. The molecule has 1 aliphatic heterocycles. The van der Waals surface area contributed by atoms with Crippen molar-refractivity contribution in [1.82, 2.24) is 10.2 Å². The monoisotopic (exact) mass is 292 g/mol. The molecule has 0 amide bonds. The van der Waals surface area contributed by atoms with Crippen molar-refractivity contribution in [3.8, 4) is 11.5 Å². The van der Waals surface area contributed by atoms with Crippen LogP contribution in [0.3, 0.4) is 0 Å². The van der Waals surface area contributed by atoms with E-state index in [0.717, 1.165) is 24.6 Å². The third-order valence-corrected chi connectivity index (χ3v) is 4.07. The van der Waals surface area contributed by atoms with E-state index in [1.54, 1.807) is 14.2 Å². The molecule has 0 spiro atoms. The molecule has 1 heterocycles. The summed E-state index contributed by atoms with van der Waals surface area (Å²) in [5, 5.41) is 3.54. The highest BCUT2D eigenvalue weighted by atomic mass is 16.5. The molecule has 0 aromatic heterocycles. The summed E-state index contributed by atoms with van der Waals surface area (Å²) in [5.74, 6) is 2.39. The normalized spacial score (nSPS) is 16.9. The van der Waals surface area contributed by atoms with Crippen molar-refractivity contribution >= 4 is 0 Å². The summed E-state index contributed by atoms with van der Waals surface area (Å²) in [4.78, 5) is 2.57. The van der Waals surface area contributed by atoms with Crippen LogP contribution in [0.5, 0.6) is 11.5 Å². The van der Waals surface area contributed by atoms with E-state index in [2.05, 4.69) is 23.2 Å². The van der Waals surface area contributed by atoms with Crippen LogP contribution in [0.2, 0.25) is 0 Å². The molecule has 118 valence electrons. The molecular weight excluding hydrogens is 264 g/mol. The second-order valence-electron chi connectivity index (χ2n) is 5.92. The fourth-order valence-electron chi connectivity index (χ4n) is 2.92. The number of nitrogens with zero attached hydrogens (tertiary/aromatic N) is 1. The minimum atomic E-state index is 0.673. The largest absolute Gasteiger partial charge is 0.497 e. The molecule has 21 heavy (non-hydrogen) atoms. The molecule has 4 heteroatoms. The molecule has 1 aromatic carbocycles. The lowest BCUT2D eigenvalue weighted by Gasteiger charge is -2.20. The number of hydrogen-bond donors (Lipinski definition) is 1. The van der Waals surface area contributed by atoms with Crippen molar-refractivity contribution in [3.05, 3.63) is 23.8 Å². The van der Waals surface area contributed by atoms with Crippen LogP contribution in [-0.4, -0.2) is 45.3 Å². The molecular formula is C17H28N2O2. The van der Waals surface area contributed by atoms with Gasteiger partial charge in [0, 0.05) is 24.7 Å². The summed E-state index contributed by atoms with van der Waals surface area (Å²) in [6.07, 6.45) is 2.73. The molecule has 1 fully saturated rings. The molecule has 0 radical (unpaired) electrons. The molecule has 1 N–H and O–H groups in total. The van der Waals surface area contributed by atoms with Gasteiger partial charge in [-0.2, -0.15) is 0 Å². The predicted octanol–water partition coefficient (Wildman–Crippen LogP) is 2.53.